The topological polar surface area (TPSA) is 70.8 Å². The van der Waals surface area contributed by atoms with Gasteiger partial charge >= 0.3 is 5.97 Å². The lowest BCUT2D eigenvalue weighted by Crippen LogP contribution is -2.36. The van der Waals surface area contributed by atoms with Gasteiger partial charge in [-0.15, -0.1) is 0 Å². The van der Waals surface area contributed by atoms with E-state index in [4.69, 9.17) is 9.52 Å². The number of furan rings is 1. The van der Waals surface area contributed by atoms with Crippen LogP contribution in [0.1, 0.15) is 43.3 Å². The maximum absolute atomic E-state index is 12.3. The molecule has 1 heterocycles. The van der Waals surface area contributed by atoms with Gasteiger partial charge in [0.15, 0.2) is 0 Å². The van der Waals surface area contributed by atoms with Gasteiger partial charge in [-0.3, -0.25) is 9.59 Å². The molecular formula is C14H21NO4. The van der Waals surface area contributed by atoms with Crippen LogP contribution >= 0.6 is 0 Å². The standard InChI is InChI=1S/C14H21NO4/c1-9(2)7-10(3)15(4)14(18)11-5-6-19-12(11)8-13(16)17/h5-6,9-10H,7-8H2,1-4H3,(H,16,17). The van der Waals surface area contributed by atoms with Crippen molar-refractivity contribution < 1.29 is 19.1 Å². The molecule has 1 amide bonds. The van der Waals surface area contributed by atoms with Crippen molar-refractivity contribution in [2.75, 3.05) is 7.05 Å². The summed E-state index contributed by atoms with van der Waals surface area (Å²) in [4.78, 5) is 24.6. The van der Waals surface area contributed by atoms with E-state index in [0.717, 1.165) is 6.42 Å². The van der Waals surface area contributed by atoms with Crippen LogP contribution in [0.4, 0.5) is 0 Å². The fraction of sp³-hybridized carbons (Fsp3) is 0.571. The molecule has 1 aromatic heterocycles. The van der Waals surface area contributed by atoms with Crippen molar-refractivity contribution in [3.8, 4) is 0 Å². The van der Waals surface area contributed by atoms with Gasteiger partial charge in [-0.2, -0.15) is 0 Å². The summed E-state index contributed by atoms with van der Waals surface area (Å²) in [6.07, 6.45) is 1.97. The van der Waals surface area contributed by atoms with Crippen LogP contribution < -0.4 is 0 Å². The maximum atomic E-state index is 12.3. The lowest BCUT2D eigenvalue weighted by Gasteiger charge is -2.26. The quantitative estimate of drug-likeness (QED) is 0.859. The summed E-state index contributed by atoms with van der Waals surface area (Å²) in [7, 11) is 1.73. The van der Waals surface area contributed by atoms with Gasteiger partial charge in [-0.05, 0) is 25.3 Å². The Bertz CT molecular complexity index is 450. The lowest BCUT2D eigenvalue weighted by atomic mass is 10.0. The molecule has 0 radical (unpaired) electrons. The molecule has 5 heteroatoms. The molecule has 0 spiro atoms. The van der Waals surface area contributed by atoms with Crippen LogP contribution in [0.2, 0.25) is 0 Å². The van der Waals surface area contributed by atoms with Gasteiger partial charge in [-0.1, -0.05) is 13.8 Å². The highest BCUT2D eigenvalue weighted by molar-refractivity contribution is 5.96. The van der Waals surface area contributed by atoms with Crippen LogP contribution in [0.15, 0.2) is 16.7 Å². The molecule has 1 rings (SSSR count). The predicted octanol–water partition coefficient (Wildman–Crippen LogP) is 2.41. The summed E-state index contributed by atoms with van der Waals surface area (Å²) >= 11 is 0. The van der Waals surface area contributed by atoms with E-state index >= 15 is 0 Å². The van der Waals surface area contributed by atoms with Crippen LogP contribution in [-0.2, 0) is 11.2 Å². The van der Waals surface area contributed by atoms with E-state index in [1.54, 1.807) is 11.9 Å². The predicted molar refractivity (Wildman–Crippen MR) is 71.1 cm³/mol. The Hall–Kier alpha value is -1.78. The molecule has 0 aliphatic heterocycles. The highest BCUT2D eigenvalue weighted by Gasteiger charge is 2.23. The largest absolute Gasteiger partial charge is 0.481 e. The van der Waals surface area contributed by atoms with Gasteiger partial charge in [0.1, 0.15) is 12.2 Å². The molecule has 0 saturated heterocycles. The summed E-state index contributed by atoms with van der Waals surface area (Å²) in [5.74, 6) is -0.505. The number of carbonyl (C=O) groups excluding carboxylic acids is 1. The average Bonchev–Trinajstić information content (AvgIpc) is 2.73. The molecule has 1 unspecified atom stereocenters. The molecule has 0 saturated carbocycles. The molecule has 0 aliphatic rings. The lowest BCUT2D eigenvalue weighted by molar-refractivity contribution is -0.136. The molecule has 0 fully saturated rings. The van der Waals surface area contributed by atoms with Gasteiger partial charge < -0.3 is 14.4 Å². The number of hydrogen-bond acceptors (Lipinski definition) is 3. The van der Waals surface area contributed by atoms with Gasteiger partial charge in [0.05, 0.1) is 11.8 Å². The zero-order valence-corrected chi connectivity index (χ0v) is 11.8. The molecule has 1 N–H and O–H groups in total. The van der Waals surface area contributed by atoms with Crippen molar-refractivity contribution >= 4 is 11.9 Å². The molecule has 1 atom stereocenters. The van der Waals surface area contributed by atoms with Crippen molar-refractivity contribution in [3.63, 3.8) is 0 Å². The first kappa shape index (κ1) is 15.3. The number of rotatable bonds is 6. The van der Waals surface area contributed by atoms with E-state index in [1.165, 1.54) is 12.3 Å². The molecule has 1 aromatic rings. The minimum atomic E-state index is -1.01. The SMILES string of the molecule is CC(C)CC(C)N(C)C(=O)c1ccoc1CC(=O)O. The Labute approximate surface area is 113 Å². The second-order valence-corrected chi connectivity index (χ2v) is 5.22. The number of carbonyl (C=O) groups is 2. The van der Waals surface area contributed by atoms with E-state index in [9.17, 15) is 9.59 Å². The van der Waals surface area contributed by atoms with E-state index in [2.05, 4.69) is 13.8 Å². The van der Waals surface area contributed by atoms with E-state index in [1.807, 2.05) is 6.92 Å². The average molecular weight is 267 g/mol. The fourth-order valence-electron chi connectivity index (χ4n) is 2.04. The van der Waals surface area contributed by atoms with Gasteiger partial charge in [0.2, 0.25) is 0 Å². The number of carboxylic acid groups (broad SMARTS) is 1. The second kappa shape index (κ2) is 6.41. The minimum absolute atomic E-state index is 0.0973. The van der Waals surface area contributed by atoms with E-state index in [0.29, 0.717) is 11.5 Å². The molecule has 19 heavy (non-hydrogen) atoms. The molecule has 0 bridgehead atoms. The Morgan fingerprint density at radius 3 is 2.53 bits per heavy atom. The van der Waals surface area contributed by atoms with Crippen LogP contribution in [0.25, 0.3) is 0 Å². The zero-order chi connectivity index (χ0) is 14.6. The number of amides is 1. The second-order valence-electron chi connectivity index (χ2n) is 5.22. The van der Waals surface area contributed by atoms with Gasteiger partial charge in [0, 0.05) is 13.1 Å². The minimum Gasteiger partial charge on any atom is -0.481 e. The van der Waals surface area contributed by atoms with Crippen molar-refractivity contribution in [2.45, 2.75) is 39.7 Å². The molecular weight excluding hydrogens is 246 g/mol. The summed E-state index contributed by atoms with van der Waals surface area (Å²) in [6, 6.07) is 1.62. The summed E-state index contributed by atoms with van der Waals surface area (Å²) < 4.78 is 5.08. The Morgan fingerprint density at radius 1 is 1.37 bits per heavy atom. The first-order valence-corrected chi connectivity index (χ1v) is 6.38. The Kier molecular flexibility index (Phi) is 5.15. The third-order valence-corrected chi connectivity index (χ3v) is 3.08. The normalized spacial score (nSPS) is 12.5. The molecule has 106 valence electrons. The van der Waals surface area contributed by atoms with Crippen LogP contribution in [-0.4, -0.2) is 35.0 Å². The summed E-state index contributed by atoms with van der Waals surface area (Å²) in [5, 5.41) is 8.77. The number of nitrogens with zero attached hydrogens (tertiary/aromatic N) is 1. The third-order valence-electron chi connectivity index (χ3n) is 3.08. The van der Waals surface area contributed by atoms with E-state index in [-0.39, 0.29) is 24.1 Å². The Balaban J connectivity index is 2.82. The highest BCUT2D eigenvalue weighted by Crippen LogP contribution is 2.17. The summed E-state index contributed by atoms with van der Waals surface area (Å²) in [6.45, 7) is 6.18. The van der Waals surface area contributed by atoms with Crippen molar-refractivity contribution in [1.82, 2.24) is 4.90 Å². The van der Waals surface area contributed by atoms with Crippen molar-refractivity contribution in [3.05, 3.63) is 23.7 Å². The Morgan fingerprint density at radius 2 is 2.00 bits per heavy atom. The van der Waals surface area contributed by atoms with E-state index < -0.39 is 5.97 Å². The molecule has 0 aromatic carbocycles. The number of hydrogen-bond donors (Lipinski definition) is 1. The number of aliphatic carboxylic acids is 1. The summed E-state index contributed by atoms with van der Waals surface area (Å²) in [5.41, 5.74) is 0.334. The first-order valence-electron chi connectivity index (χ1n) is 6.38. The molecule has 0 aliphatic carbocycles. The van der Waals surface area contributed by atoms with Crippen LogP contribution in [0.3, 0.4) is 0 Å². The number of carboxylic acids is 1. The van der Waals surface area contributed by atoms with Crippen molar-refractivity contribution in [1.29, 1.82) is 0 Å². The van der Waals surface area contributed by atoms with Crippen LogP contribution in [0.5, 0.6) is 0 Å². The maximum Gasteiger partial charge on any atom is 0.311 e. The monoisotopic (exact) mass is 267 g/mol. The highest BCUT2D eigenvalue weighted by atomic mass is 16.4. The zero-order valence-electron chi connectivity index (χ0n) is 11.8. The molecule has 5 nitrogen and oxygen atoms in total. The van der Waals surface area contributed by atoms with Crippen LogP contribution in [0, 0.1) is 5.92 Å². The van der Waals surface area contributed by atoms with Crippen molar-refractivity contribution in [2.24, 2.45) is 5.92 Å². The van der Waals surface area contributed by atoms with Gasteiger partial charge in [-0.25, -0.2) is 0 Å². The fourth-order valence-corrected chi connectivity index (χ4v) is 2.04. The van der Waals surface area contributed by atoms with Gasteiger partial charge in [0.25, 0.3) is 5.91 Å². The third kappa shape index (κ3) is 4.12. The first-order chi connectivity index (χ1) is 8.82. The smallest absolute Gasteiger partial charge is 0.311 e.